The summed E-state index contributed by atoms with van der Waals surface area (Å²) in [5.41, 5.74) is 3.74. The van der Waals surface area contributed by atoms with Crippen LogP contribution in [0.2, 0.25) is 0 Å². The maximum absolute atomic E-state index is 4.39. The summed E-state index contributed by atoms with van der Waals surface area (Å²) in [7, 11) is 0. The SMILES string of the molecule is CCCNCc1cc(C)ccc1-n1cc(I)cn1. The molecule has 0 atom stereocenters. The molecule has 2 rings (SSSR count). The summed E-state index contributed by atoms with van der Waals surface area (Å²) in [5, 5.41) is 7.84. The van der Waals surface area contributed by atoms with Crippen LogP contribution in [0.15, 0.2) is 30.6 Å². The van der Waals surface area contributed by atoms with Crippen molar-refractivity contribution in [3.8, 4) is 5.69 Å². The van der Waals surface area contributed by atoms with Crippen molar-refractivity contribution in [2.45, 2.75) is 26.8 Å². The molecule has 18 heavy (non-hydrogen) atoms. The van der Waals surface area contributed by atoms with Crippen molar-refractivity contribution in [1.29, 1.82) is 0 Å². The Morgan fingerprint density at radius 2 is 2.22 bits per heavy atom. The van der Waals surface area contributed by atoms with Crippen molar-refractivity contribution in [3.63, 3.8) is 0 Å². The third-order valence-corrected chi connectivity index (χ3v) is 3.33. The highest BCUT2D eigenvalue weighted by atomic mass is 127. The van der Waals surface area contributed by atoms with Crippen molar-refractivity contribution in [1.82, 2.24) is 15.1 Å². The Balaban J connectivity index is 2.28. The minimum absolute atomic E-state index is 0.890. The van der Waals surface area contributed by atoms with Crippen molar-refractivity contribution in [3.05, 3.63) is 45.3 Å². The van der Waals surface area contributed by atoms with Gasteiger partial charge in [-0.05, 0) is 54.1 Å². The minimum atomic E-state index is 0.890. The Morgan fingerprint density at radius 1 is 1.39 bits per heavy atom. The second kappa shape index (κ2) is 6.33. The number of aromatic nitrogens is 2. The Labute approximate surface area is 122 Å². The lowest BCUT2D eigenvalue weighted by atomic mass is 10.1. The van der Waals surface area contributed by atoms with E-state index < -0.39 is 0 Å². The first-order chi connectivity index (χ1) is 8.70. The van der Waals surface area contributed by atoms with Crippen LogP contribution in [0.1, 0.15) is 24.5 Å². The van der Waals surface area contributed by atoms with E-state index in [1.807, 2.05) is 10.9 Å². The van der Waals surface area contributed by atoms with Crippen LogP contribution in [0.3, 0.4) is 0 Å². The third kappa shape index (κ3) is 3.32. The van der Waals surface area contributed by atoms with Gasteiger partial charge in [-0.3, -0.25) is 0 Å². The normalized spacial score (nSPS) is 10.8. The maximum atomic E-state index is 4.39. The van der Waals surface area contributed by atoms with Crippen molar-refractivity contribution in [2.75, 3.05) is 6.54 Å². The van der Waals surface area contributed by atoms with E-state index in [-0.39, 0.29) is 0 Å². The number of benzene rings is 1. The van der Waals surface area contributed by atoms with Gasteiger partial charge in [0.15, 0.2) is 0 Å². The third-order valence-electron chi connectivity index (χ3n) is 2.78. The zero-order valence-corrected chi connectivity index (χ0v) is 12.9. The molecule has 0 spiro atoms. The molecule has 2 aromatic rings. The summed E-state index contributed by atoms with van der Waals surface area (Å²) in [6.07, 6.45) is 5.08. The van der Waals surface area contributed by atoms with Gasteiger partial charge in [0, 0.05) is 12.7 Å². The molecule has 0 saturated carbocycles. The van der Waals surface area contributed by atoms with Crippen molar-refractivity contribution in [2.24, 2.45) is 0 Å². The summed E-state index contributed by atoms with van der Waals surface area (Å²) >= 11 is 2.28. The molecule has 0 aliphatic rings. The highest BCUT2D eigenvalue weighted by Crippen LogP contribution is 2.17. The number of nitrogens with zero attached hydrogens (tertiary/aromatic N) is 2. The van der Waals surface area contributed by atoms with Crippen molar-refractivity contribution >= 4 is 22.6 Å². The van der Waals surface area contributed by atoms with Crippen LogP contribution in [-0.2, 0) is 6.54 Å². The van der Waals surface area contributed by atoms with E-state index in [0.717, 1.165) is 28.8 Å². The monoisotopic (exact) mass is 355 g/mol. The summed E-state index contributed by atoms with van der Waals surface area (Å²) in [4.78, 5) is 0. The molecule has 1 heterocycles. The first-order valence-corrected chi connectivity index (χ1v) is 7.29. The van der Waals surface area contributed by atoms with Crippen molar-refractivity contribution < 1.29 is 0 Å². The predicted molar refractivity (Wildman–Crippen MR) is 83.0 cm³/mol. The Kier molecular flexibility index (Phi) is 4.77. The first kappa shape index (κ1) is 13.5. The second-order valence-corrected chi connectivity index (χ2v) is 5.66. The van der Waals surface area contributed by atoms with Gasteiger partial charge in [0.25, 0.3) is 0 Å². The molecule has 1 aromatic heterocycles. The molecule has 0 aliphatic carbocycles. The van der Waals surface area contributed by atoms with E-state index in [4.69, 9.17) is 0 Å². The van der Waals surface area contributed by atoms with Gasteiger partial charge in [0.1, 0.15) is 0 Å². The Morgan fingerprint density at radius 3 is 2.89 bits per heavy atom. The fourth-order valence-corrected chi connectivity index (χ4v) is 2.30. The van der Waals surface area contributed by atoms with Crippen LogP contribution in [0.25, 0.3) is 5.69 Å². The summed E-state index contributed by atoms with van der Waals surface area (Å²) in [6, 6.07) is 6.50. The van der Waals surface area contributed by atoms with Gasteiger partial charge in [-0.25, -0.2) is 4.68 Å². The quantitative estimate of drug-likeness (QED) is 0.659. The van der Waals surface area contributed by atoms with Crippen LogP contribution in [0.4, 0.5) is 0 Å². The number of hydrogen-bond acceptors (Lipinski definition) is 2. The van der Waals surface area contributed by atoms with E-state index in [2.05, 4.69) is 71.2 Å². The zero-order valence-electron chi connectivity index (χ0n) is 10.8. The highest BCUT2D eigenvalue weighted by molar-refractivity contribution is 14.1. The molecule has 0 aliphatic heterocycles. The lowest BCUT2D eigenvalue weighted by molar-refractivity contribution is 0.670. The molecular weight excluding hydrogens is 337 g/mol. The van der Waals surface area contributed by atoms with E-state index in [1.165, 1.54) is 11.1 Å². The van der Waals surface area contributed by atoms with Crippen LogP contribution in [0.5, 0.6) is 0 Å². The van der Waals surface area contributed by atoms with Gasteiger partial charge in [0.05, 0.1) is 15.5 Å². The molecule has 0 radical (unpaired) electrons. The van der Waals surface area contributed by atoms with Gasteiger partial charge < -0.3 is 5.32 Å². The summed E-state index contributed by atoms with van der Waals surface area (Å²) in [5.74, 6) is 0. The topological polar surface area (TPSA) is 29.9 Å². The molecule has 0 fully saturated rings. The van der Waals surface area contributed by atoms with Crippen LogP contribution in [-0.4, -0.2) is 16.3 Å². The number of halogens is 1. The molecule has 96 valence electrons. The standard InChI is InChI=1S/C14H18IN3/c1-3-6-16-8-12-7-11(2)4-5-14(12)18-10-13(15)9-17-18/h4-5,7,9-10,16H,3,6,8H2,1-2H3. The first-order valence-electron chi connectivity index (χ1n) is 6.21. The fourth-order valence-electron chi connectivity index (χ4n) is 1.91. The van der Waals surface area contributed by atoms with Gasteiger partial charge >= 0.3 is 0 Å². The van der Waals surface area contributed by atoms with Gasteiger partial charge in [-0.2, -0.15) is 5.10 Å². The van der Waals surface area contributed by atoms with Crippen LogP contribution >= 0.6 is 22.6 Å². The molecular formula is C14H18IN3. The van der Waals surface area contributed by atoms with E-state index in [9.17, 15) is 0 Å². The molecule has 0 bridgehead atoms. The fraction of sp³-hybridized carbons (Fsp3) is 0.357. The highest BCUT2D eigenvalue weighted by Gasteiger charge is 2.06. The molecule has 1 N–H and O–H groups in total. The molecule has 0 unspecified atom stereocenters. The number of rotatable bonds is 5. The zero-order chi connectivity index (χ0) is 13.0. The smallest absolute Gasteiger partial charge is 0.0691 e. The van der Waals surface area contributed by atoms with Crippen LogP contribution in [0, 0.1) is 10.5 Å². The number of aryl methyl sites for hydroxylation is 1. The van der Waals surface area contributed by atoms with Gasteiger partial charge in [-0.15, -0.1) is 0 Å². The average molecular weight is 355 g/mol. The maximum Gasteiger partial charge on any atom is 0.0691 e. The molecule has 1 aromatic carbocycles. The van der Waals surface area contributed by atoms with E-state index >= 15 is 0 Å². The Hall–Kier alpha value is -0.880. The van der Waals surface area contributed by atoms with Gasteiger partial charge in [0.2, 0.25) is 0 Å². The van der Waals surface area contributed by atoms with Crippen LogP contribution < -0.4 is 5.32 Å². The van der Waals surface area contributed by atoms with E-state index in [1.54, 1.807) is 0 Å². The lowest BCUT2D eigenvalue weighted by Crippen LogP contribution is -2.15. The minimum Gasteiger partial charge on any atom is -0.313 e. The van der Waals surface area contributed by atoms with E-state index in [0.29, 0.717) is 0 Å². The average Bonchev–Trinajstić information content (AvgIpc) is 2.76. The van der Waals surface area contributed by atoms with Gasteiger partial charge in [-0.1, -0.05) is 24.6 Å². The lowest BCUT2D eigenvalue weighted by Gasteiger charge is -2.11. The molecule has 0 saturated heterocycles. The largest absolute Gasteiger partial charge is 0.313 e. The number of nitrogens with one attached hydrogen (secondary N) is 1. The molecule has 0 amide bonds. The Bertz CT molecular complexity index is 520. The summed E-state index contributed by atoms with van der Waals surface area (Å²) in [6.45, 7) is 6.24. The predicted octanol–water partition coefficient (Wildman–Crippen LogP) is 3.28. The number of hydrogen-bond donors (Lipinski definition) is 1. The molecule has 3 nitrogen and oxygen atoms in total. The molecule has 4 heteroatoms. The second-order valence-electron chi connectivity index (χ2n) is 4.41. The summed E-state index contributed by atoms with van der Waals surface area (Å²) < 4.78 is 3.10.